The Morgan fingerprint density at radius 1 is 0.282 bits per heavy atom. The van der Waals surface area contributed by atoms with Crippen LogP contribution in [-0.4, -0.2) is 37.2 Å². The van der Waals surface area contributed by atoms with Crippen LogP contribution in [0.25, 0.3) is 0 Å². The van der Waals surface area contributed by atoms with Crippen molar-refractivity contribution in [2.45, 2.75) is 309 Å². The third-order valence-corrected chi connectivity index (χ3v) is 13.1. The molecule has 0 aliphatic rings. The minimum atomic E-state index is -0.787. The van der Waals surface area contributed by atoms with E-state index in [2.05, 4.69) is 93.7 Å². The first-order valence-corrected chi connectivity index (χ1v) is 30.4. The molecule has 0 N–H and O–H groups in total. The number of esters is 3. The number of hydrogen-bond donors (Lipinski definition) is 0. The van der Waals surface area contributed by atoms with E-state index in [0.717, 1.165) is 103 Å². The fraction of sp³-hybridized carbons (Fsp3) is 0.769. The van der Waals surface area contributed by atoms with Crippen molar-refractivity contribution in [3.8, 4) is 0 Å². The molecule has 0 rings (SSSR count). The fourth-order valence-corrected chi connectivity index (χ4v) is 8.54. The van der Waals surface area contributed by atoms with E-state index in [4.69, 9.17) is 14.2 Å². The van der Waals surface area contributed by atoms with Crippen LogP contribution in [0.2, 0.25) is 0 Å². The molecular formula is C65H114O6. The van der Waals surface area contributed by atoms with Gasteiger partial charge in [-0.15, -0.1) is 0 Å². The number of allylic oxidation sites excluding steroid dienone is 12. The van der Waals surface area contributed by atoms with Crippen molar-refractivity contribution in [1.82, 2.24) is 0 Å². The number of unbranched alkanes of at least 4 members (excludes halogenated alkanes) is 32. The summed E-state index contributed by atoms with van der Waals surface area (Å²) in [6, 6.07) is 0. The summed E-state index contributed by atoms with van der Waals surface area (Å²) in [5.41, 5.74) is 0. The molecule has 6 nitrogen and oxygen atoms in total. The summed E-state index contributed by atoms with van der Waals surface area (Å²) in [5, 5.41) is 0. The van der Waals surface area contributed by atoms with Gasteiger partial charge in [0.15, 0.2) is 6.10 Å². The van der Waals surface area contributed by atoms with Gasteiger partial charge in [0.1, 0.15) is 13.2 Å². The van der Waals surface area contributed by atoms with Crippen molar-refractivity contribution < 1.29 is 28.6 Å². The van der Waals surface area contributed by atoms with E-state index in [1.807, 2.05) is 0 Å². The van der Waals surface area contributed by atoms with Crippen LogP contribution in [0.3, 0.4) is 0 Å². The van der Waals surface area contributed by atoms with Crippen LogP contribution in [-0.2, 0) is 28.6 Å². The maximum absolute atomic E-state index is 12.9. The molecule has 0 fully saturated rings. The average Bonchev–Trinajstić information content (AvgIpc) is 3.37. The van der Waals surface area contributed by atoms with Gasteiger partial charge in [-0.3, -0.25) is 14.4 Å². The predicted octanol–water partition coefficient (Wildman–Crippen LogP) is 20.5. The summed E-state index contributed by atoms with van der Waals surface area (Å²) in [4.78, 5) is 38.2. The van der Waals surface area contributed by atoms with E-state index in [1.165, 1.54) is 161 Å². The van der Waals surface area contributed by atoms with E-state index in [0.29, 0.717) is 19.3 Å². The van der Waals surface area contributed by atoms with Crippen molar-refractivity contribution in [3.05, 3.63) is 72.9 Å². The van der Waals surface area contributed by atoms with Gasteiger partial charge < -0.3 is 14.2 Å². The van der Waals surface area contributed by atoms with Gasteiger partial charge >= 0.3 is 17.9 Å². The molecule has 1 unspecified atom stereocenters. The van der Waals surface area contributed by atoms with Gasteiger partial charge in [0.2, 0.25) is 0 Å². The highest BCUT2D eigenvalue weighted by atomic mass is 16.6. The van der Waals surface area contributed by atoms with Gasteiger partial charge in [-0.25, -0.2) is 0 Å². The van der Waals surface area contributed by atoms with Crippen LogP contribution in [0.15, 0.2) is 72.9 Å². The van der Waals surface area contributed by atoms with Crippen LogP contribution in [0.4, 0.5) is 0 Å². The van der Waals surface area contributed by atoms with Crippen LogP contribution >= 0.6 is 0 Å². The van der Waals surface area contributed by atoms with Crippen molar-refractivity contribution in [2.24, 2.45) is 0 Å². The number of carbonyl (C=O) groups excluding carboxylic acids is 3. The molecule has 0 aromatic heterocycles. The Bertz CT molecular complexity index is 1320. The summed E-state index contributed by atoms with van der Waals surface area (Å²) in [7, 11) is 0. The highest BCUT2D eigenvalue weighted by molar-refractivity contribution is 5.71. The molecule has 0 aliphatic heterocycles. The third kappa shape index (κ3) is 57.6. The minimum Gasteiger partial charge on any atom is -0.462 e. The molecule has 0 saturated carbocycles. The standard InChI is InChI=1S/C65H114O6/c1-4-7-10-13-16-19-22-25-27-29-30-31-32-33-34-36-37-40-43-46-49-52-55-58-64(67)70-61-62(60-69-63(66)57-54-51-48-45-42-39-24-21-18-15-12-9-6-3)71-65(68)59-56-53-50-47-44-41-38-35-28-26-23-20-17-14-11-8-5-2/h12,15,17,20-22,24-26,28-30,62H,4-11,13-14,16,18-19,23,27,31-61H2,1-3H3/b15-12-,20-17-,24-21-,25-22-,28-26-,30-29-. The Kier molecular flexibility index (Phi) is 56.8. The maximum atomic E-state index is 12.9. The number of ether oxygens (including phenoxy) is 3. The molecule has 0 heterocycles. The zero-order chi connectivity index (χ0) is 51.4. The second kappa shape index (κ2) is 59.4. The third-order valence-electron chi connectivity index (χ3n) is 13.1. The van der Waals surface area contributed by atoms with E-state index in [9.17, 15) is 14.4 Å². The first kappa shape index (κ1) is 67.8. The van der Waals surface area contributed by atoms with Gasteiger partial charge in [0.05, 0.1) is 0 Å². The highest BCUT2D eigenvalue weighted by Crippen LogP contribution is 2.16. The van der Waals surface area contributed by atoms with Gasteiger partial charge in [-0.1, -0.05) is 248 Å². The number of carbonyl (C=O) groups is 3. The lowest BCUT2D eigenvalue weighted by molar-refractivity contribution is -0.167. The van der Waals surface area contributed by atoms with E-state index in [-0.39, 0.29) is 31.1 Å². The summed E-state index contributed by atoms with van der Waals surface area (Å²) >= 11 is 0. The van der Waals surface area contributed by atoms with Crippen molar-refractivity contribution in [2.75, 3.05) is 13.2 Å². The smallest absolute Gasteiger partial charge is 0.306 e. The summed E-state index contributed by atoms with van der Waals surface area (Å²) in [5.74, 6) is -0.898. The molecule has 0 saturated heterocycles. The minimum absolute atomic E-state index is 0.0834. The summed E-state index contributed by atoms with van der Waals surface area (Å²) < 4.78 is 16.9. The van der Waals surface area contributed by atoms with E-state index in [1.54, 1.807) is 0 Å². The zero-order valence-electron chi connectivity index (χ0n) is 47.0. The monoisotopic (exact) mass is 991 g/mol. The Morgan fingerprint density at radius 2 is 0.535 bits per heavy atom. The molecule has 0 bridgehead atoms. The Hall–Kier alpha value is -3.15. The molecule has 71 heavy (non-hydrogen) atoms. The van der Waals surface area contributed by atoms with E-state index < -0.39 is 6.10 Å². The lowest BCUT2D eigenvalue weighted by atomic mass is 10.0. The first-order chi connectivity index (χ1) is 35.0. The number of hydrogen-bond acceptors (Lipinski definition) is 6. The lowest BCUT2D eigenvalue weighted by Crippen LogP contribution is -2.30. The predicted molar refractivity (Wildman–Crippen MR) is 307 cm³/mol. The molecule has 0 spiro atoms. The molecule has 1 atom stereocenters. The van der Waals surface area contributed by atoms with Crippen LogP contribution in [0, 0.1) is 0 Å². The van der Waals surface area contributed by atoms with Crippen molar-refractivity contribution in [3.63, 3.8) is 0 Å². The largest absolute Gasteiger partial charge is 0.462 e. The van der Waals surface area contributed by atoms with Gasteiger partial charge in [-0.05, 0) is 109 Å². The molecule has 0 aromatic rings. The normalized spacial score (nSPS) is 12.5. The van der Waals surface area contributed by atoms with Crippen molar-refractivity contribution in [1.29, 1.82) is 0 Å². The van der Waals surface area contributed by atoms with Gasteiger partial charge in [-0.2, -0.15) is 0 Å². The molecule has 0 aliphatic carbocycles. The topological polar surface area (TPSA) is 78.9 Å². The van der Waals surface area contributed by atoms with Gasteiger partial charge in [0.25, 0.3) is 0 Å². The zero-order valence-corrected chi connectivity index (χ0v) is 47.0. The summed E-state index contributed by atoms with van der Waals surface area (Å²) in [6.45, 7) is 6.55. The van der Waals surface area contributed by atoms with Gasteiger partial charge in [0, 0.05) is 19.3 Å². The van der Waals surface area contributed by atoms with Crippen molar-refractivity contribution >= 4 is 17.9 Å². The van der Waals surface area contributed by atoms with Crippen LogP contribution in [0.5, 0.6) is 0 Å². The molecular weight excluding hydrogens is 877 g/mol. The summed E-state index contributed by atoms with van der Waals surface area (Å²) in [6.07, 6.45) is 76.1. The highest BCUT2D eigenvalue weighted by Gasteiger charge is 2.19. The Morgan fingerprint density at radius 3 is 0.859 bits per heavy atom. The second-order valence-corrected chi connectivity index (χ2v) is 20.2. The fourth-order valence-electron chi connectivity index (χ4n) is 8.54. The number of rotatable bonds is 55. The maximum Gasteiger partial charge on any atom is 0.306 e. The molecule has 410 valence electrons. The van der Waals surface area contributed by atoms with E-state index >= 15 is 0 Å². The average molecular weight is 992 g/mol. The Labute approximate surface area is 440 Å². The molecule has 0 amide bonds. The second-order valence-electron chi connectivity index (χ2n) is 20.2. The first-order valence-electron chi connectivity index (χ1n) is 30.4. The molecule has 0 radical (unpaired) electrons. The lowest BCUT2D eigenvalue weighted by Gasteiger charge is -2.18. The SMILES string of the molecule is CCC/C=C\C/C=C\CCCCCCCC(=O)OCC(COC(=O)CCCCCCCCCCCCC/C=C\C/C=C\CCCCCCC)OC(=O)CCCCCCCCC/C=C\C/C=C\CCCCC. The van der Waals surface area contributed by atoms with Crippen LogP contribution in [0.1, 0.15) is 303 Å². The van der Waals surface area contributed by atoms with Crippen LogP contribution < -0.4 is 0 Å². The quantitative estimate of drug-likeness (QED) is 0.0261. The Balaban J connectivity index is 4.33. The molecule has 0 aromatic carbocycles. The molecule has 6 heteroatoms.